The van der Waals surface area contributed by atoms with Crippen LogP contribution in [-0.2, 0) is 23.8 Å². The van der Waals surface area contributed by atoms with E-state index in [2.05, 4.69) is 11.3 Å². The minimum absolute atomic E-state index is 0.145. The predicted octanol–water partition coefficient (Wildman–Crippen LogP) is 1.20. The van der Waals surface area contributed by atoms with Gasteiger partial charge in [0.2, 0.25) is 0 Å². The molecule has 0 bridgehead atoms. The lowest BCUT2D eigenvalue weighted by molar-refractivity contribution is -0.144. The molecule has 8 heteroatoms. The first-order chi connectivity index (χ1) is 11.4. The van der Waals surface area contributed by atoms with Crippen LogP contribution in [-0.4, -0.2) is 48.8 Å². The summed E-state index contributed by atoms with van der Waals surface area (Å²) in [6.07, 6.45) is -1.09. The summed E-state index contributed by atoms with van der Waals surface area (Å²) in [6, 6.07) is 5.46. The summed E-state index contributed by atoms with van der Waals surface area (Å²) in [4.78, 5) is 44.9. The lowest BCUT2D eigenvalue weighted by atomic mass is 10.1. The molecule has 0 saturated carbocycles. The zero-order valence-corrected chi connectivity index (χ0v) is 12.9. The van der Waals surface area contributed by atoms with Crippen molar-refractivity contribution in [2.24, 2.45) is 0 Å². The van der Waals surface area contributed by atoms with E-state index in [-0.39, 0.29) is 36.4 Å². The second-order valence-electron chi connectivity index (χ2n) is 4.69. The molecule has 0 heterocycles. The monoisotopic (exact) mass is 336 g/mol. The van der Waals surface area contributed by atoms with Crippen LogP contribution in [0.15, 0.2) is 36.4 Å². The Kier molecular flexibility index (Phi) is 7.15. The third-order valence-electron chi connectivity index (χ3n) is 2.75. The van der Waals surface area contributed by atoms with E-state index in [1.54, 1.807) is 0 Å². The third-order valence-corrected chi connectivity index (χ3v) is 2.75. The van der Waals surface area contributed by atoms with Crippen molar-refractivity contribution < 1.29 is 38.5 Å². The van der Waals surface area contributed by atoms with Crippen molar-refractivity contribution in [2.75, 3.05) is 13.2 Å². The molecule has 0 saturated heterocycles. The van der Waals surface area contributed by atoms with Crippen molar-refractivity contribution in [3.05, 3.63) is 47.5 Å². The second-order valence-corrected chi connectivity index (χ2v) is 4.69. The molecule has 0 aliphatic heterocycles. The molecule has 1 unspecified atom stereocenters. The molecule has 0 fully saturated rings. The van der Waals surface area contributed by atoms with E-state index in [9.17, 15) is 19.2 Å². The molecule has 0 amide bonds. The summed E-state index contributed by atoms with van der Waals surface area (Å²) >= 11 is 0. The Hall–Kier alpha value is -3.16. The molecule has 1 aromatic rings. The smallest absolute Gasteiger partial charge is 0.339 e. The summed E-state index contributed by atoms with van der Waals surface area (Å²) in [7, 11) is 0. The maximum absolute atomic E-state index is 12.1. The minimum atomic E-state index is -1.29. The lowest BCUT2D eigenvalue weighted by Gasteiger charge is -2.17. The maximum atomic E-state index is 12.1. The number of carbonyl (C=O) groups excluding carboxylic acids is 3. The normalized spacial score (nSPS) is 11.0. The van der Waals surface area contributed by atoms with Gasteiger partial charge in [-0.3, -0.25) is 4.79 Å². The van der Waals surface area contributed by atoms with Crippen molar-refractivity contribution in [2.45, 2.75) is 13.0 Å². The number of hydrogen-bond donors (Lipinski definition) is 1. The van der Waals surface area contributed by atoms with Gasteiger partial charge in [0.25, 0.3) is 6.47 Å². The number of carboxylic acids is 1. The highest BCUT2D eigenvalue weighted by Crippen LogP contribution is 2.12. The van der Waals surface area contributed by atoms with Crippen LogP contribution in [0.5, 0.6) is 0 Å². The quantitative estimate of drug-likeness (QED) is 0.309. The molecule has 1 rings (SSSR count). The molecule has 0 spiro atoms. The van der Waals surface area contributed by atoms with Gasteiger partial charge in [-0.2, -0.15) is 0 Å². The van der Waals surface area contributed by atoms with Gasteiger partial charge in [-0.15, -0.1) is 0 Å². The van der Waals surface area contributed by atoms with E-state index in [1.807, 2.05) is 0 Å². The fraction of sp³-hybridized carbons (Fsp3) is 0.250. The van der Waals surface area contributed by atoms with E-state index in [0.717, 1.165) is 0 Å². The molecular formula is C16H16O8. The Morgan fingerprint density at radius 2 is 1.83 bits per heavy atom. The molecule has 0 aliphatic rings. The number of carbonyl (C=O) groups is 4. The number of benzene rings is 1. The molecule has 24 heavy (non-hydrogen) atoms. The molecule has 0 aromatic heterocycles. The molecule has 0 aliphatic carbocycles. The number of ether oxygens (including phenoxy) is 3. The van der Waals surface area contributed by atoms with Crippen molar-refractivity contribution in [3.8, 4) is 0 Å². The third kappa shape index (κ3) is 5.56. The zero-order chi connectivity index (χ0) is 18.1. The van der Waals surface area contributed by atoms with Crippen molar-refractivity contribution in [1.29, 1.82) is 0 Å². The Balaban J connectivity index is 2.83. The Bertz CT molecular complexity index is 649. The van der Waals surface area contributed by atoms with E-state index in [1.165, 1.54) is 31.2 Å². The van der Waals surface area contributed by atoms with Crippen LogP contribution in [0.1, 0.15) is 27.6 Å². The SMILES string of the molecule is C=C(C)C(=O)OCC(COC=O)OC(=O)c1ccccc1C(=O)O. The molecule has 0 radical (unpaired) electrons. The number of rotatable bonds is 9. The van der Waals surface area contributed by atoms with E-state index >= 15 is 0 Å². The van der Waals surface area contributed by atoms with Gasteiger partial charge in [0.1, 0.15) is 13.2 Å². The highest BCUT2D eigenvalue weighted by atomic mass is 16.6. The fourth-order valence-corrected chi connectivity index (χ4v) is 1.62. The summed E-state index contributed by atoms with van der Waals surface area (Å²) < 4.78 is 14.4. The van der Waals surface area contributed by atoms with Crippen LogP contribution in [0.25, 0.3) is 0 Å². The zero-order valence-electron chi connectivity index (χ0n) is 12.9. The largest absolute Gasteiger partial charge is 0.478 e. The topological polar surface area (TPSA) is 116 Å². The highest BCUT2D eigenvalue weighted by molar-refractivity contribution is 6.02. The first-order valence-corrected chi connectivity index (χ1v) is 6.78. The second kappa shape index (κ2) is 9.09. The predicted molar refractivity (Wildman–Crippen MR) is 80.4 cm³/mol. The lowest BCUT2D eigenvalue weighted by Crippen LogP contribution is -2.30. The van der Waals surface area contributed by atoms with Crippen LogP contribution in [0, 0.1) is 0 Å². The number of esters is 2. The minimum Gasteiger partial charge on any atom is -0.478 e. The first-order valence-electron chi connectivity index (χ1n) is 6.78. The van der Waals surface area contributed by atoms with Crippen LogP contribution in [0.2, 0.25) is 0 Å². The van der Waals surface area contributed by atoms with Gasteiger partial charge in [-0.05, 0) is 19.1 Å². The molecule has 8 nitrogen and oxygen atoms in total. The highest BCUT2D eigenvalue weighted by Gasteiger charge is 2.22. The van der Waals surface area contributed by atoms with Crippen LogP contribution in [0.3, 0.4) is 0 Å². The van der Waals surface area contributed by atoms with Crippen LogP contribution < -0.4 is 0 Å². The van der Waals surface area contributed by atoms with Crippen LogP contribution >= 0.6 is 0 Å². The summed E-state index contributed by atoms with van der Waals surface area (Å²) in [6.45, 7) is 4.26. The van der Waals surface area contributed by atoms with Gasteiger partial charge in [0.05, 0.1) is 11.1 Å². The van der Waals surface area contributed by atoms with Gasteiger partial charge in [0.15, 0.2) is 6.10 Å². The molecule has 128 valence electrons. The van der Waals surface area contributed by atoms with Gasteiger partial charge in [-0.1, -0.05) is 18.7 Å². The maximum Gasteiger partial charge on any atom is 0.339 e. The summed E-state index contributed by atoms with van der Waals surface area (Å²) in [5, 5.41) is 9.07. The van der Waals surface area contributed by atoms with Gasteiger partial charge in [-0.25, -0.2) is 14.4 Å². The van der Waals surface area contributed by atoms with Gasteiger partial charge >= 0.3 is 17.9 Å². The standard InChI is InChI=1S/C16H16O8/c1-10(2)15(20)23-8-11(7-22-9-17)24-16(21)13-6-4-3-5-12(13)14(18)19/h3-6,9,11H,1,7-8H2,2H3,(H,18,19). The number of hydrogen-bond acceptors (Lipinski definition) is 7. The van der Waals surface area contributed by atoms with Crippen molar-refractivity contribution in [3.63, 3.8) is 0 Å². The van der Waals surface area contributed by atoms with Crippen molar-refractivity contribution >= 4 is 24.4 Å². The summed E-state index contributed by atoms with van der Waals surface area (Å²) in [5.74, 6) is -2.94. The number of carboxylic acid groups (broad SMARTS) is 1. The first kappa shape index (κ1) is 18.9. The Morgan fingerprint density at radius 3 is 2.38 bits per heavy atom. The molecule has 1 N–H and O–H groups in total. The Morgan fingerprint density at radius 1 is 1.21 bits per heavy atom. The average Bonchev–Trinajstić information content (AvgIpc) is 2.56. The summed E-state index contributed by atoms with van der Waals surface area (Å²) in [5.41, 5.74) is -0.267. The molecular weight excluding hydrogens is 320 g/mol. The van der Waals surface area contributed by atoms with Crippen molar-refractivity contribution in [1.82, 2.24) is 0 Å². The molecule has 1 aromatic carbocycles. The van der Waals surface area contributed by atoms with E-state index in [4.69, 9.17) is 14.6 Å². The average molecular weight is 336 g/mol. The van der Waals surface area contributed by atoms with Crippen LogP contribution in [0.4, 0.5) is 0 Å². The fourth-order valence-electron chi connectivity index (χ4n) is 1.62. The molecule has 1 atom stereocenters. The van der Waals surface area contributed by atoms with E-state index in [0.29, 0.717) is 0 Å². The van der Waals surface area contributed by atoms with Gasteiger partial charge < -0.3 is 19.3 Å². The van der Waals surface area contributed by atoms with Gasteiger partial charge in [0, 0.05) is 5.57 Å². The number of aromatic carboxylic acids is 1. The van der Waals surface area contributed by atoms with E-state index < -0.39 is 24.0 Å². The Labute approximate surface area is 137 Å².